The van der Waals surface area contributed by atoms with Crippen molar-refractivity contribution in [1.82, 2.24) is 5.32 Å². The summed E-state index contributed by atoms with van der Waals surface area (Å²) in [5, 5.41) is 10.6. The molecule has 0 aromatic rings. The number of hydrogen-bond donors (Lipinski definition) is 2. The molecule has 2 N–H and O–H groups in total. The summed E-state index contributed by atoms with van der Waals surface area (Å²) in [6, 6.07) is -1.85. The molecule has 3 nitrogen and oxygen atoms in total. The Kier molecular flexibility index (Phi) is 2.90. The van der Waals surface area contributed by atoms with E-state index in [9.17, 15) is 26.7 Å². The van der Waals surface area contributed by atoms with Crippen LogP contribution in [0.15, 0.2) is 0 Å². The number of aliphatic carboxylic acids is 1. The first-order valence-corrected chi connectivity index (χ1v) is 4.08. The van der Waals surface area contributed by atoms with Crippen molar-refractivity contribution in [3.8, 4) is 0 Å². The number of carboxylic acid groups (broad SMARTS) is 1. The summed E-state index contributed by atoms with van der Waals surface area (Å²) in [5.41, 5.74) is 0. The summed E-state index contributed by atoms with van der Waals surface area (Å²) in [7, 11) is 0. The van der Waals surface area contributed by atoms with Gasteiger partial charge in [-0.15, -0.1) is 0 Å². The van der Waals surface area contributed by atoms with Gasteiger partial charge in [-0.2, -0.15) is 22.0 Å². The summed E-state index contributed by atoms with van der Waals surface area (Å²) in [6.45, 7) is -0.159. The largest absolute Gasteiger partial charge is 0.480 e. The van der Waals surface area contributed by atoms with Gasteiger partial charge in [0, 0.05) is 0 Å². The predicted molar refractivity (Wildman–Crippen MR) is 38.5 cm³/mol. The zero-order valence-electron chi connectivity index (χ0n) is 7.31. The lowest BCUT2D eigenvalue weighted by molar-refractivity contribution is -0.303. The molecule has 0 radical (unpaired) electrons. The number of carboxylic acids is 1. The van der Waals surface area contributed by atoms with Gasteiger partial charge in [0.2, 0.25) is 0 Å². The van der Waals surface area contributed by atoms with E-state index in [0.29, 0.717) is 0 Å². The molecule has 1 saturated heterocycles. The number of hydrogen-bond acceptors (Lipinski definition) is 2. The lowest BCUT2D eigenvalue weighted by Gasteiger charge is -2.27. The van der Waals surface area contributed by atoms with E-state index in [1.807, 2.05) is 0 Å². The number of carbonyl (C=O) groups is 1. The second-order valence-electron chi connectivity index (χ2n) is 3.29. The molecule has 0 aromatic carbocycles. The number of halogens is 5. The average Bonchev–Trinajstić information content (AvgIpc) is 2.48. The second kappa shape index (κ2) is 3.58. The molecular weight excluding hydrogens is 225 g/mol. The minimum Gasteiger partial charge on any atom is -0.480 e. The van der Waals surface area contributed by atoms with Crippen LogP contribution < -0.4 is 5.32 Å². The zero-order chi connectivity index (χ0) is 11.9. The summed E-state index contributed by atoms with van der Waals surface area (Å²) in [4.78, 5) is 10.4. The molecule has 0 amide bonds. The van der Waals surface area contributed by atoms with E-state index in [1.54, 1.807) is 0 Å². The van der Waals surface area contributed by atoms with Crippen LogP contribution in [0.2, 0.25) is 0 Å². The fourth-order valence-corrected chi connectivity index (χ4v) is 1.56. The van der Waals surface area contributed by atoms with Crippen molar-refractivity contribution in [2.75, 3.05) is 6.54 Å². The molecule has 8 heteroatoms. The van der Waals surface area contributed by atoms with Crippen molar-refractivity contribution in [3.63, 3.8) is 0 Å². The van der Waals surface area contributed by atoms with Crippen LogP contribution in [-0.2, 0) is 4.79 Å². The third-order valence-electron chi connectivity index (χ3n) is 2.33. The Hall–Kier alpha value is -0.920. The molecule has 0 saturated carbocycles. The zero-order valence-corrected chi connectivity index (χ0v) is 7.31. The van der Waals surface area contributed by atoms with Crippen molar-refractivity contribution >= 4 is 5.97 Å². The molecule has 0 spiro atoms. The minimum absolute atomic E-state index is 0.159. The maximum absolute atomic E-state index is 12.8. The summed E-state index contributed by atoms with van der Waals surface area (Å²) < 4.78 is 61.5. The smallest absolute Gasteiger partial charge is 0.453 e. The van der Waals surface area contributed by atoms with E-state index in [4.69, 9.17) is 5.11 Å². The first kappa shape index (κ1) is 12.2. The maximum atomic E-state index is 12.8. The van der Waals surface area contributed by atoms with Crippen LogP contribution >= 0.6 is 0 Å². The SMILES string of the molecule is O=C(O)C1NCCC1C(F)(F)C(F)(F)F. The Morgan fingerprint density at radius 1 is 1.27 bits per heavy atom. The number of rotatable bonds is 2. The van der Waals surface area contributed by atoms with Crippen LogP contribution in [-0.4, -0.2) is 35.8 Å². The van der Waals surface area contributed by atoms with Gasteiger partial charge in [0.05, 0.1) is 5.92 Å². The molecule has 15 heavy (non-hydrogen) atoms. The Morgan fingerprint density at radius 3 is 2.20 bits per heavy atom. The minimum atomic E-state index is -5.71. The van der Waals surface area contributed by atoms with Crippen molar-refractivity contribution in [2.24, 2.45) is 5.92 Å². The van der Waals surface area contributed by atoms with Crippen molar-refractivity contribution in [3.05, 3.63) is 0 Å². The summed E-state index contributed by atoms with van der Waals surface area (Å²) in [6.07, 6.45) is -6.22. The standard InChI is InChI=1S/C7H8F5NO2/c8-6(9,7(10,11)12)3-1-2-13-4(3)5(14)15/h3-4,13H,1-2H2,(H,14,15). The van der Waals surface area contributed by atoms with Crippen LogP contribution in [0.4, 0.5) is 22.0 Å². The number of alkyl halides is 5. The normalized spacial score (nSPS) is 28.1. The topological polar surface area (TPSA) is 49.3 Å². The summed E-state index contributed by atoms with van der Waals surface area (Å²) >= 11 is 0. The molecule has 1 rings (SSSR count). The van der Waals surface area contributed by atoms with Crippen LogP contribution in [0, 0.1) is 5.92 Å². The van der Waals surface area contributed by atoms with Gasteiger partial charge >= 0.3 is 18.1 Å². The third kappa shape index (κ3) is 2.04. The van der Waals surface area contributed by atoms with E-state index >= 15 is 0 Å². The monoisotopic (exact) mass is 233 g/mol. The second-order valence-corrected chi connectivity index (χ2v) is 3.29. The van der Waals surface area contributed by atoms with Crippen LogP contribution in [0.1, 0.15) is 6.42 Å². The molecule has 1 aliphatic rings. The maximum Gasteiger partial charge on any atom is 0.453 e. The van der Waals surface area contributed by atoms with Gasteiger partial charge in [-0.25, -0.2) is 0 Å². The average molecular weight is 233 g/mol. The number of nitrogens with one attached hydrogen (secondary N) is 1. The van der Waals surface area contributed by atoms with Crippen molar-refractivity contribution in [1.29, 1.82) is 0 Å². The van der Waals surface area contributed by atoms with Gasteiger partial charge in [-0.1, -0.05) is 0 Å². The highest BCUT2D eigenvalue weighted by Gasteiger charge is 2.65. The van der Waals surface area contributed by atoms with E-state index in [-0.39, 0.29) is 6.54 Å². The molecule has 1 aliphatic heterocycles. The van der Waals surface area contributed by atoms with Crippen molar-refractivity contribution in [2.45, 2.75) is 24.6 Å². The predicted octanol–water partition coefficient (Wildman–Crippen LogP) is 1.25. The molecule has 0 aliphatic carbocycles. The van der Waals surface area contributed by atoms with E-state index in [2.05, 4.69) is 5.32 Å². The fourth-order valence-electron chi connectivity index (χ4n) is 1.56. The van der Waals surface area contributed by atoms with E-state index in [0.717, 1.165) is 0 Å². The van der Waals surface area contributed by atoms with Gasteiger partial charge in [-0.3, -0.25) is 4.79 Å². The fraction of sp³-hybridized carbons (Fsp3) is 0.857. The van der Waals surface area contributed by atoms with Crippen LogP contribution in [0.3, 0.4) is 0 Å². The molecule has 2 atom stereocenters. The lowest BCUT2D eigenvalue weighted by Crippen LogP contribution is -2.50. The van der Waals surface area contributed by atoms with Gasteiger partial charge in [-0.05, 0) is 13.0 Å². The van der Waals surface area contributed by atoms with Crippen LogP contribution in [0.5, 0.6) is 0 Å². The molecule has 0 bridgehead atoms. The van der Waals surface area contributed by atoms with Crippen molar-refractivity contribution < 1.29 is 31.9 Å². The van der Waals surface area contributed by atoms with Gasteiger partial charge in [0.25, 0.3) is 0 Å². The quantitative estimate of drug-likeness (QED) is 0.705. The van der Waals surface area contributed by atoms with Crippen LogP contribution in [0.25, 0.3) is 0 Å². The molecular formula is C7H8F5NO2. The third-order valence-corrected chi connectivity index (χ3v) is 2.33. The van der Waals surface area contributed by atoms with Gasteiger partial charge < -0.3 is 10.4 Å². The van der Waals surface area contributed by atoms with Gasteiger partial charge in [0.15, 0.2) is 0 Å². The molecule has 1 fully saturated rings. The Balaban J connectivity index is 2.91. The Labute approximate surface area is 81.3 Å². The first-order valence-electron chi connectivity index (χ1n) is 4.08. The highest BCUT2D eigenvalue weighted by molar-refractivity contribution is 5.74. The summed E-state index contributed by atoms with van der Waals surface area (Å²) in [5.74, 6) is -8.91. The van der Waals surface area contributed by atoms with Gasteiger partial charge in [0.1, 0.15) is 6.04 Å². The molecule has 88 valence electrons. The first-order chi connectivity index (χ1) is 6.68. The molecule has 2 unspecified atom stereocenters. The Bertz CT molecular complexity index is 265. The Morgan fingerprint density at radius 2 is 1.80 bits per heavy atom. The highest BCUT2D eigenvalue weighted by Crippen LogP contribution is 2.45. The lowest BCUT2D eigenvalue weighted by atomic mass is 9.93. The molecule has 1 heterocycles. The van der Waals surface area contributed by atoms with E-state index < -0.39 is 36.4 Å². The molecule has 0 aromatic heterocycles. The highest BCUT2D eigenvalue weighted by atomic mass is 19.4. The van der Waals surface area contributed by atoms with E-state index in [1.165, 1.54) is 0 Å².